The van der Waals surface area contributed by atoms with E-state index in [4.69, 9.17) is 4.74 Å². The zero-order valence-electron chi connectivity index (χ0n) is 20.0. The first-order valence-electron chi connectivity index (χ1n) is 10.8. The summed E-state index contributed by atoms with van der Waals surface area (Å²) in [7, 11) is -7.46. The van der Waals surface area contributed by atoms with Gasteiger partial charge in [-0.25, -0.2) is 13.1 Å². The van der Waals surface area contributed by atoms with Crippen LogP contribution in [-0.2, 0) is 24.8 Å². The van der Waals surface area contributed by atoms with Gasteiger partial charge < -0.3 is 9.84 Å². The van der Waals surface area contributed by atoms with Gasteiger partial charge in [0.15, 0.2) is 5.70 Å². The third-order valence-corrected chi connectivity index (χ3v) is 8.46. The summed E-state index contributed by atoms with van der Waals surface area (Å²) in [5.74, 6) is -2.11. The Hall–Kier alpha value is -4.23. The average molecular weight is 545 g/mol. The summed E-state index contributed by atoms with van der Waals surface area (Å²) in [5.41, 5.74) is 3.54. The van der Waals surface area contributed by atoms with Crippen molar-refractivity contribution in [2.45, 2.75) is 23.6 Å². The molecule has 4 rings (SSSR count). The van der Waals surface area contributed by atoms with Gasteiger partial charge in [0.25, 0.3) is 31.8 Å². The number of sulfonamides is 2. The summed E-state index contributed by atoms with van der Waals surface area (Å²) in [6.45, 7) is 3.55. The minimum absolute atomic E-state index is 0.122. The van der Waals surface area contributed by atoms with Crippen LogP contribution in [0.25, 0.3) is 0 Å². The number of nitrogens with zero attached hydrogens (tertiary/aromatic N) is 2. The Balaban J connectivity index is 1.78. The third kappa shape index (κ3) is 4.90. The number of amides is 1. The molecular formula is C24H24N4O7S2. The lowest BCUT2D eigenvalue weighted by Crippen LogP contribution is -2.48. The van der Waals surface area contributed by atoms with Crippen LogP contribution in [0.1, 0.15) is 11.1 Å². The highest BCUT2D eigenvalue weighted by atomic mass is 32.2. The van der Waals surface area contributed by atoms with Crippen molar-refractivity contribution in [1.29, 1.82) is 0 Å². The largest absolute Gasteiger partial charge is 0.494 e. The highest BCUT2D eigenvalue weighted by Crippen LogP contribution is 2.35. The highest BCUT2D eigenvalue weighted by molar-refractivity contribution is 7.90. The Morgan fingerprint density at radius 1 is 0.865 bits per heavy atom. The fourth-order valence-corrected chi connectivity index (χ4v) is 5.79. The molecular weight excluding hydrogens is 520 g/mol. The van der Waals surface area contributed by atoms with Crippen molar-refractivity contribution in [3.05, 3.63) is 95.5 Å². The van der Waals surface area contributed by atoms with Gasteiger partial charge in [0, 0.05) is 0 Å². The number of hydrogen-bond acceptors (Lipinski definition) is 9. The summed E-state index contributed by atoms with van der Waals surface area (Å²) in [6.07, 6.45) is 0. The molecule has 0 radical (unpaired) electrons. The van der Waals surface area contributed by atoms with Crippen LogP contribution in [0, 0.1) is 13.8 Å². The lowest BCUT2D eigenvalue weighted by Gasteiger charge is -2.30. The van der Waals surface area contributed by atoms with Crippen LogP contribution < -0.4 is 20.0 Å². The first-order chi connectivity index (χ1) is 17.5. The van der Waals surface area contributed by atoms with E-state index in [1.54, 1.807) is 56.3 Å². The van der Waals surface area contributed by atoms with Crippen LogP contribution in [0.2, 0.25) is 0 Å². The molecule has 13 heteroatoms. The SMILES string of the molecule is COc1ccccc1N1NC(C(=O)NS(=O)(=O)c2ccc(C)cc2)=C(O)N1S(=O)(=O)c1ccc(C)cc1. The monoisotopic (exact) mass is 544 g/mol. The molecule has 1 aliphatic heterocycles. The number of benzene rings is 3. The quantitative estimate of drug-likeness (QED) is 0.408. The van der Waals surface area contributed by atoms with Crippen LogP contribution in [0.5, 0.6) is 5.75 Å². The van der Waals surface area contributed by atoms with Gasteiger partial charge in [0.2, 0.25) is 0 Å². The fraction of sp³-hybridized carbons (Fsp3) is 0.125. The lowest BCUT2D eigenvalue weighted by molar-refractivity contribution is -0.116. The predicted octanol–water partition coefficient (Wildman–Crippen LogP) is 2.47. The molecule has 1 heterocycles. The van der Waals surface area contributed by atoms with E-state index in [9.17, 15) is 26.7 Å². The second-order valence-electron chi connectivity index (χ2n) is 8.10. The summed E-state index contributed by atoms with van der Waals surface area (Å²) >= 11 is 0. The van der Waals surface area contributed by atoms with Gasteiger partial charge in [-0.15, -0.1) is 4.41 Å². The van der Waals surface area contributed by atoms with Gasteiger partial charge >= 0.3 is 0 Å². The maximum Gasteiger partial charge on any atom is 0.288 e. The topological polar surface area (TPSA) is 145 Å². The number of nitrogens with one attached hydrogen (secondary N) is 2. The molecule has 0 saturated heterocycles. The number of aliphatic hydroxyl groups is 1. The van der Waals surface area contributed by atoms with E-state index < -0.39 is 37.5 Å². The Kier molecular flexibility index (Phi) is 6.76. The Morgan fingerprint density at radius 3 is 1.97 bits per heavy atom. The maximum atomic E-state index is 13.6. The molecule has 0 bridgehead atoms. The number of hydrazine groups is 2. The van der Waals surface area contributed by atoms with Gasteiger partial charge in [-0.2, -0.15) is 13.5 Å². The molecule has 0 atom stereocenters. The lowest BCUT2D eigenvalue weighted by atomic mass is 10.2. The van der Waals surface area contributed by atoms with E-state index in [2.05, 4.69) is 5.43 Å². The second-order valence-corrected chi connectivity index (χ2v) is 11.6. The number of para-hydroxylation sites is 2. The molecule has 1 aliphatic rings. The van der Waals surface area contributed by atoms with Crippen LogP contribution in [-0.4, -0.2) is 39.4 Å². The number of carbonyl (C=O) groups is 1. The van der Waals surface area contributed by atoms with Gasteiger partial charge in [0.1, 0.15) is 11.4 Å². The number of methoxy groups -OCH3 is 1. The first-order valence-corrected chi connectivity index (χ1v) is 13.8. The number of hydrogen-bond donors (Lipinski definition) is 3. The fourth-order valence-electron chi connectivity index (χ4n) is 3.49. The number of ether oxygens (including phenoxy) is 1. The molecule has 11 nitrogen and oxygen atoms in total. The predicted molar refractivity (Wildman–Crippen MR) is 135 cm³/mol. The van der Waals surface area contributed by atoms with Crippen LogP contribution in [0.3, 0.4) is 0 Å². The van der Waals surface area contributed by atoms with Crippen molar-refractivity contribution in [1.82, 2.24) is 14.6 Å². The standard InChI is InChI=1S/C24H24N4O7S2/c1-16-8-12-18(13-9-16)36(31,32)26-23(29)22-24(30)28(37(33,34)19-14-10-17(2)11-15-19)27(25-22)20-6-4-5-7-21(20)35-3/h4-15,25,30H,1-3H3,(H,26,29). The van der Waals surface area contributed by atoms with Crippen LogP contribution in [0.15, 0.2) is 94.2 Å². The van der Waals surface area contributed by atoms with Crippen molar-refractivity contribution in [2.75, 3.05) is 12.2 Å². The minimum atomic E-state index is -4.49. The molecule has 1 amide bonds. The molecule has 0 saturated carbocycles. The summed E-state index contributed by atoms with van der Waals surface area (Å²) in [4.78, 5) is 12.7. The summed E-state index contributed by atoms with van der Waals surface area (Å²) < 4.78 is 60.4. The normalized spacial score (nSPS) is 13.9. The number of anilines is 1. The van der Waals surface area contributed by atoms with Gasteiger partial charge in [0.05, 0.1) is 16.9 Å². The molecule has 3 aromatic rings. The van der Waals surface area contributed by atoms with Crippen molar-refractivity contribution in [3.63, 3.8) is 0 Å². The van der Waals surface area contributed by atoms with E-state index >= 15 is 0 Å². The Labute approximate surface area is 214 Å². The molecule has 0 fully saturated rings. The zero-order chi connectivity index (χ0) is 27.0. The van der Waals surface area contributed by atoms with E-state index in [-0.39, 0.29) is 21.2 Å². The Bertz CT molecular complexity index is 1580. The number of aryl methyl sites for hydroxylation is 2. The number of rotatable bonds is 7. The van der Waals surface area contributed by atoms with Gasteiger partial charge in [-0.1, -0.05) is 47.5 Å². The molecule has 3 aromatic carbocycles. The van der Waals surface area contributed by atoms with Crippen molar-refractivity contribution in [3.8, 4) is 5.75 Å². The van der Waals surface area contributed by atoms with Gasteiger partial charge in [-0.3, -0.25) is 10.2 Å². The molecule has 0 aromatic heterocycles. The second kappa shape index (κ2) is 9.67. The molecule has 37 heavy (non-hydrogen) atoms. The summed E-state index contributed by atoms with van der Waals surface area (Å²) in [6, 6.07) is 17.9. The third-order valence-electron chi connectivity index (χ3n) is 5.45. The summed E-state index contributed by atoms with van der Waals surface area (Å²) in [5, 5.41) is 11.9. The van der Waals surface area contributed by atoms with Crippen molar-refractivity contribution in [2.24, 2.45) is 0 Å². The van der Waals surface area contributed by atoms with E-state index in [0.717, 1.165) is 16.2 Å². The Morgan fingerprint density at radius 2 is 1.41 bits per heavy atom. The smallest absolute Gasteiger partial charge is 0.288 e. The van der Waals surface area contributed by atoms with Crippen molar-refractivity contribution < 1.29 is 31.5 Å². The number of aliphatic hydroxyl groups excluding tert-OH is 1. The van der Waals surface area contributed by atoms with Crippen LogP contribution >= 0.6 is 0 Å². The number of carbonyl (C=O) groups excluding carboxylic acids is 1. The zero-order valence-corrected chi connectivity index (χ0v) is 21.7. The molecule has 0 spiro atoms. The van der Waals surface area contributed by atoms with Crippen molar-refractivity contribution >= 4 is 31.6 Å². The molecule has 0 unspecified atom stereocenters. The molecule has 0 aliphatic carbocycles. The average Bonchev–Trinajstić information content (AvgIpc) is 3.22. The van der Waals surface area contributed by atoms with E-state index in [1.807, 2.05) is 4.72 Å². The highest BCUT2D eigenvalue weighted by Gasteiger charge is 2.44. The molecule has 194 valence electrons. The molecule has 3 N–H and O–H groups in total. The van der Waals surface area contributed by atoms with E-state index in [1.165, 1.54) is 37.4 Å². The minimum Gasteiger partial charge on any atom is -0.494 e. The van der Waals surface area contributed by atoms with E-state index in [0.29, 0.717) is 4.41 Å². The van der Waals surface area contributed by atoms with Gasteiger partial charge in [-0.05, 0) is 50.2 Å². The van der Waals surface area contributed by atoms with Crippen LogP contribution in [0.4, 0.5) is 5.69 Å². The first kappa shape index (κ1) is 25.9. The maximum absolute atomic E-state index is 13.6.